The van der Waals surface area contributed by atoms with Crippen LogP contribution in [0.2, 0.25) is 0 Å². The zero-order chi connectivity index (χ0) is 22.0. The fraction of sp³-hybridized carbons (Fsp3) is 0.500. The molecule has 1 aliphatic rings. The Labute approximate surface area is 165 Å². The molecule has 2 aromatic heterocycles. The predicted octanol–water partition coefficient (Wildman–Crippen LogP) is -0.110. The molecule has 15 heteroatoms. The Morgan fingerprint density at radius 1 is 1.24 bits per heavy atom. The van der Waals surface area contributed by atoms with Gasteiger partial charge in [0.05, 0.1) is 12.9 Å². The van der Waals surface area contributed by atoms with Crippen LogP contribution in [-0.2, 0) is 18.4 Å². The van der Waals surface area contributed by atoms with E-state index in [4.69, 9.17) is 15.0 Å². The summed E-state index contributed by atoms with van der Waals surface area (Å²) >= 11 is 0. The first-order valence-corrected chi connectivity index (χ1v) is 12.2. The molecule has 0 amide bonds. The van der Waals surface area contributed by atoms with Gasteiger partial charge < -0.3 is 35.0 Å². The Hall–Kier alpha value is -1.69. The second-order valence-corrected chi connectivity index (χ2v) is 11.0. The largest absolute Gasteiger partial charge is 0.387 e. The van der Waals surface area contributed by atoms with Gasteiger partial charge in [-0.25, -0.2) is 15.0 Å². The van der Waals surface area contributed by atoms with Crippen LogP contribution in [0.5, 0.6) is 0 Å². The quantitative estimate of drug-likeness (QED) is 0.288. The third-order valence-corrected chi connectivity index (χ3v) is 7.96. The standard InChI is InChI=1S/C12H19N5O8P2.C2H4/c1-26(20,21)5-27(22,23)24-2-6-8(18)9(19)12(25-6)17-4-16-7-10(13)14-3-15-11(7)17;1-2/h3-4,6,8-9,12,18-19H,2,5H2,1H3,(H,20,21)(H,22,23)(H2,13,14,15);1-2H2/t6-,8+,9?,12-;/m1./s1. The van der Waals surface area contributed by atoms with Gasteiger partial charge in [-0.3, -0.25) is 13.7 Å². The summed E-state index contributed by atoms with van der Waals surface area (Å²) in [7, 11) is -8.17. The molecule has 2 aromatic rings. The number of rotatable bonds is 6. The van der Waals surface area contributed by atoms with Gasteiger partial charge in [-0.05, 0) is 0 Å². The summed E-state index contributed by atoms with van der Waals surface area (Å²) in [6.07, 6.45) is -2.64. The van der Waals surface area contributed by atoms with Gasteiger partial charge in [0.1, 0.15) is 36.1 Å². The highest BCUT2D eigenvalue weighted by molar-refractivity contribution is 7.72. The van der Waals surface area contributed by atoms with E-state index in [-0.39, 0.29) is 17.0 Å². The van der Waals surface area contributed by atoms with E-state index in [1.165, 1.54) is 17.2 Å². The van der Waals surface area contributed by atoms with Crippen molar-refractivity contribution >= 4 is 31.9 Å². The average Bonchev–Trinajstić information content (AvgIpc) is 3.16. The van der Waals surface area contributed by atoms with Crippen LogP contribution in [0.3, 0.4) is 0 Å². The minimum atomic E-state index is -4.38. The van der Waals surface area contributed by atoms with Crippen molar-refractivity contribution in [2.24, 2.45) is 0 Å². The van der Waals surface area contributed by atoms with Crippen molar-refractivity contribution in [3.05, 3.63) is 25.8 Å². The lowest BCUT2D eigenvalue weighted by Gasteiger charge is -2.18. The number of hydrogen-bond acceptors (Lipinski definition) is 10. The molecule has 1 aliphatic heterocycles. The highest BCUT2D eigenvalue weighted by Crippen LogP contribution is 2.55. The monoisotopic (exact) mass is 451 g/mol. The van der Waals surface area contributed by atoms with Gasteiger partial charge in [0.2, 0.25) is 7.37 Å². The summed E-state index contributed by atoms with van der Waals surface area (Å²) in [5, 5.41) is 20.4. The lowest BCUT2D eigenvalue weighted by molar-refractivity contribution is -0.0483. The summed E-state index contributed by atoms with van der Waals surface area (Å²) in [5.41, 5.74) is 6.25. The van der Waals surface area contributed by atoms with E-state index in [1.807, 2.05) is 0 Å². The molecule has 29 heavy (non-hydrogen) atoms. The molecule has 1 saturated heterocycles. The van der Waals surface area contributed by atoms with E-state index in [9.17, 15) is 29.1 Å². The van der Waals surface area contributed by atoms with Crippen molar-refractivity contribution in [1.29, 1.82) is 0 Å². The second-order valence-electron chi connectivity index (χ2n) is 6.25. The molecule has 0 saturated carbocycles. The molecule has 13 nitrogen and oxygen atoms in total. The molecule has 0 spiro atoms. The number of aliphatic hydroxyl groups is 2. The third kappa shape index (κ3) is 5.47. The molecule has 3 rings (SSSR count). The van der Waals surface area contributed by atoms with Crippen LogP contribution in [0.1, 0.15) is 6.23 Å². The number of nitrogens with zero attached hydrogens (tertiary/aromatic N) is 4. The van der Waals surface area contributed by atoms with Crippen molar-refractivity contribution in [3.8, 4) is 0 Å². The SMILES string of the molecule is C=C.CP(=O)(O)CP(=O)(O)OC[C@H]1O[C@@H](n2cnc3c(N)ncnc32)C(O)[C@H]1O. The van der Waals surface area contributed by atoms with Gasteiger partial charge in [0.25, 0.3) is 0 Å². The van der Waals surface area contributed by atoms with E-state index < -0.39 is 52.0 Å². The topological polar surface area (TPSA) is 203 Å². The van der Waals surface area contributed by atoms with Crippen molar-refractivity contribution in [1.82, 2.24) is 19.5 Å². The molecule has 6 atom stereocenters. The van der Waals surface area contributed by atoms with Crippen LogP contribution in [0.25, 0.3) is 11.2 Å². The Balaban J connectivity index is 0.00000145. The number of nitrogens with two attached hydrogens (primary N) is 1. The number of ether oxygens (including phenoxy) is 1. The van der Waals surface area contributed by atoms with E-state index in [0.717, 1.165) is 6.66 Å². The molecule has 0 aromatic carbocycles. The number of aromatic nitrogens is 4. The predicted molar refractivity (Wildman–Crippen MR) is 103 cm³/mol. The summed E-state index contributed by atoms with van der Waals surface area (Å²) in [5.74, 6) is -0.808. The average molecular weight is 451 g/mol. The molecule has 0 bridgehead atoms. The minimum absolute atomic E-state index is 0.126. The first-order valence-electron chi connectivity index (χ1n) is 8.19. The highest BCUT2D eigenvalue weighted by Gasteiger charge is 2.45. The Bertz CT molecular complexity index is 949. The smallest absolute Gasteiger partial charge is 0.337 e. The molecule has 0 radical (unpaired) electrons. The third-order valence-electron chi connectivity index (χ3n) is 3.88. The number of imidazole rings is 1. The molecular formula is C14H23N5O8P2. The summed E-state index contributed by atoms with van der Waals surface area (Å²) in [6.45, 7) is 6.35. The molecule has 3 unspecified atom stereocenters. The minimum Gasteiger partial charge on any atom is -0.387 e. The van der Waals surface area contributed by atoms with Crippen LogP contribution in [0, 0.1) is 0 Å². The maximum Gasteiger partial charge on any atom is 0.337 e. The van der Waals surface area contributed by atoms with Crippen molar-refractivity contribution in [2.45, 2.75) is 24.5 Å². The molecule has 0 aliphatic carbocycles. The Morgan fingerprint density at radius 3 is 2.52 bits per heavy atom. The molecule has 3 heterocycles. The number of nitrogen functional groups attached to an aromatic ring is 1. The van der Waals surface area contributed by atoms with Gasteiger partial charge >= 0.3 is 7.60 Å². The highest BCUT2D eigenvalue weighted by atomic mass is 31.2. The Kier molecular flexibility index (Phi) is 7.31. The van der Waals surface area contributed by atoms with E-state index >= 15 is 0 Å². The van der Waals surface area contributed by atoms with Crippen LogP contribution < -0.4 is 5.73 Å². The van der Waals surface area contributed by atoms with E-state index in [0.29, 0.717) is 0 Å². The van der Waals surface area contributed by atoms with Gasteiger partial charge in [-0.1, -0.05) is 0 Å². The molecular weight excluding hydrogens is 428 g/mol. The molecule has 162 valence electrons. The van der Waals surface area contributed by atoms with Gasteiger partial charge in [-0.2, -0.15) is 0 Å². The lowest BCUT2D eigenvalue weighted by atomic mass is 10.1. The molecule has 1 fully saturated rings. The van der Waals surface area contributed by atoms with Gasteiger partial charge in [0.15, 0.2) is 17.7 Å². The fourth-order valence-corrected chi connectivity index (χ4v) is 6.07. The van der Waals surface area contributed by atoms with Crippen LogP contribution in [0.4, 0.5) is 5.82 Å². The normalized spacial score (nSPS) is 28.3. The fourth-order valence-electron chi connectivity index (χ4n) is 2.72. The van der Waals surface area contributed by atoms with Gasteiger partial charge in [0, 0.05) is 6.66 Å². The molecule has 6 N–H and O–H groups in total. The number of anilines is 1. The first-order chi connectivity index (χ1) is 13.5. The maximum absolute atomic E-state index is 11.9. The first kappa shape index (κ1) is 23.6. The van der Waals surface area contributed by atoms with Crippen LogP contribution >= 0.6 is 15.0 Å². The number of aliphatic hydroxyl groups excluding tert-OH is 2. The Morgan fingerprint density at radius 2 is 1.90 bits per heavy atom. The zero-order valence-corrected chi connectivity index (χ0v) is 17.3. The van der Waals surface area contributed by atoms with Gasteiger partial charge in [-0.15, -0.1) is 13.2 Å². The number of hydrogen-bond donors (Lipinski definition) is 5. The van der Waals surface area contributed by atoms with Crippen molar-refractivity contribution in [2.75, 3.05) is 24.9 Å². The second kappa shape index (κ2) is 8.99. The lowest BCUT2D eigenvalue weighted by Crippen LogP contribution is -2.33. The van der Waals surface area contributed by atoms with E-state index in [2.05, 4.69) is 28.1 Å². The maximum atomic E-state index is 11.9. The summed E-state index contributed by atoms with van der Waals surface area (Å²) in [4.78, 5) is 30.7. The van der Waals surface area contributed by atoms with Crippen LogP contribution in [-0.4, -0.2) is 77.0 Å². The summed E-state index contributed by atoms with van der Waals surface area (Å²) < 4.78 is 34.8. The summed E-state index contributed by atoms with van der Waals surface area (Å²) in [6, 6.07) is 0. The zero-order valence-electron chi connectivity index (χ0n) is 15.5. The number of fused-ring (bicyclic) bond motifs is 1. The van der Waals surface area contributed by atoms with E-state index in [1.54, 1.807) is 0 Å². The van der Waals surface area contributed by atoms with Crippen molar-refractivity contribution in [3.63, 3.8) is 0 Å². The van der Waals surface area contributed by atoms with Crippen molar-refractivity contribution < 1.29 is 38.4 Å². The van der Waals surface area contributed by atoms with Crippen LogP contribution in [0.15, 0.2) is 25.8 Å².